The standard InChI is InChI=1S/C19H23NO/c1-14-6-5-7-15(2)18(14)13-21-19-9-4-3-8-16(19)12-20-17-10-11-17/h3-9,17,20H,10-13H2,1-2H3. The molecule has 2 heteroatoms. The minimum atomic E-state index is 0.638. The van der Waals surface area contributed by atoms with Gasteiger partial charge in [0.05, 0.1) is 0 Å². The maximum atomic E-state index is 6.10. The highest BCUT2D eigenvalue weighted by Gasteiger charge is 2.20. The van der Waals surface area contributed by atoms with Gasteiger partial charge in [0, 0.05) is 18.2 Å². The molecule has 0 unspecified atom stereocenters. The van der Waals surface area contributed by atoms with Crippen LogP contribution in [0, 0.1) is 13.8 Å². The van der Waals surface area contributed by atoms with Crippen molar-refractivity contribution in [3.63, 3.8) is 0 Å². The zero-order valence-corrected chi connectivity index (χ0v) is 12.9. The van der Waals surface area contributed by atoms with Crippen molar-refractivity contribution in [3.05, 3.63) is 64.7 Å². The molecule has 0 radical (unpaired) electrons. The number of benzene rings is 2. The van der Waals surface area contributed by atoms with E-state index in [1.165, 1.54) is 35.1 Å². The monoisotopic (exact) mass is 281 g/mol. The maximum absolute atomic E-state index is 6.10. The van der Waals surface area contributed by atoms with E-state index in [0.29, 0.717) is 6.61 Å². The van der Waals surface area contributed by atoms with Gasteiger partial charge < -0.3 is 10.1 Å². The van der Waals surface area contributed by atoms with E-state index in [1.54, 1.807) is 0 Å². The van der Waals surface area contributed by atoms with Crippen LogP contribution >= 0.6 is 0 Å². The summed E-state index contributed by atoms with van der Waals surface area (Å²) in [5, 5.41) is 3.55. The van der Waals surface area contributed by atoms with Crippen LogP contribution in [-0.2, 0) is 13.2 Å². The summed E-state index contributed by atoms with van der Waals surface area (Å²) in [5.74, 6) is 0.994. The van der Waals surface area contributed by atoms with Crippen LogP contribution in [0.2, 0.25) is 0 Å². The number of hydrogen-bond acceptors (Lipinski definition) is 2. The quantitative estimate of drug-likeness (QED) is 0.859. The van der Waals surface area contributed by atoms with Gasteiger partial charge in [-0.05, 0) is 49.4 Å². The molecule has 0 amide bonds. The summed E-state index contributed by atoms with van der Waals surface area (Å²) < 4.78 is 6.10. The molecule has 1 saturated carbocycles. The largest absolute Gasteiger partial charge is 0.489 e. The Bertz CT molecular complexity index is 596. The van der Waals surface area contributed by atoms with Crippen LogP contribution in [0.25, 0.3) is 0 Å². The lowest BCUT2D eigenvalue weighted by atomic mass is 10.0. The third-order valence-electron chi connectivity index (χ3n) is 4.15. The van der Waals surface area contributed by atoms with Gasteiger partial charge >= 0.3 is 0 Å². The third-order valence-corrected chi connectivity index (χ3v) is 4.15. The van der Waals surface area contributed by atoms with Crippen molar-refractivity contribution in [2.45, 2.75) is 45.9 Å². The molecule has 0 saturated heterocycles. The van der Waals surface area contributed by atoms with E-state index in [9.17, 15) is 0 Å². The van der Waals surface area contributed by atoms with E-state index in [2.05, 4.69) is 55.6 Å². The van der Waals surface area contributed by atoms with Gasteiger partial charge in [0.15, 0.2) is 0 Å². The van der Waals surface area contributed by atoms with Crippen molar-refractivity contribution in [2.24, 2.45) is 0 Å². The second-order valence-electron chi connectivity index (χ2n) is 5.92. The Balaban J connectivity index is 1.69. The fraction of sp³-hybridized carbons (Fsp3) is 0.368. The van der Waals surface area contributed by atoms with Crippen LogP contribution in [0.1, 0.15) is 35.1 Å². The molecule has 0 atom stereocenters. The Morgan fingerprint density at radius 2 is 1.71 bits per heavy atom. The van der Waals surface area contributed by atoms with Crippen LogP contribution in [-0.4, -0.2) is 6.04 Å². The Hall–Kier alpha value is -1.80. The second kappa shape index (κ2) is 6.31. The van der Waals surface area contributed by atoms with E-state index >= 15 is 0 Å². The number of hydrogen-bond donors (Lipinski definition) is 1. The van der Waals surface area contributed by atoms with Crippen LogP contribution < -0.4 is 10.1 Å². The molecule has 0 bridgehead atoms. The van der Waals surface area contributed by atoms with Crippen molar-refractivity contribution in [1.82, 2.24) is 5.32 Å². The van der Waals surface area contributed by atoms with Gasteiger partial charge in [0.1, 0.15) is 12.4 Å². The molecule has 0 aliphatic heterocycles. The topological polar surface area (TPSA) is 21.3 Å². The number of rotatable bonds is 6. The first-order valence-corrected chi connectivity index (χ1v) is 7.73. The van der Waals surface area contributed by atoms with Gasteiger partial charge in [-0.2, -0.15) is 0 Å². The first-order valence-electron chi connectivity index (χ1n) is 7.73. The Morgan fingerprint density at radius 3 is 2.43 bits per heavy atom. The first-order chi connectivity index (χ1) is 10.2. The van der Waals surface area contributed by atoms with Gasteiger partial charge in [0.2, 0.25) is 0 Å². The molecule has 1 aliphatic rings. The molecule has 0 aromatic heterocycles. The molecule has 2 aromatic rings. The Morgan fingerprint density at radius 1 is 1.00 bits per heavy atom. The van der Waals surface area contributed by atoms with E-state index in [-0.39, 0.29) is 0 Å². The van der Waals surface area contributed by atoms with E-state index in [4.69, 9.17) is 4.74 Å². The van der Waals surface area contributed by atoms with Crippen molar-refractivity contribution in [2.75, 3.05) is 0 Å². The van der Waals surface area contributed by atoms with Crippen molar-refractivity contribution in [1.29, 1.82) is 0 Å². The average Bonchev–Trinajstić information content (AvgIpc) is 3.30. The SMILES string of the molecule is Cc1cccc(C)c1COc1ccccc1CNC1CC1. The molecule has 0 heterocycles. The van der Waals surface area contributed by atoms with Crippen LogP contribution in [0.4, 0.5) is 0 Å². The third kappa shape index (κ3) is 3.64. The molecule has 2 nitrogen and oxygen atoms in total. The summed E-state index contributed by atoms with van der Waals surface area (Å²) in [6, 6.07) is 15.4. The normalized spacial score (nSPS) is 14.2. The van der Waals surface area contributed by atoms with E-state index in [1.807, 2.05) is 6.07 Å². The molecule has 1 N–H and O–H groups in total. The minimum Gasteiger partial charge on any atom is -0.489 e. The number of para-hydroxylation sites is 1. The number of nitrogens with one attached hydrogen (secondary N) is 1. The van der Waals surface area contributed by atoms with Crippen molar-refractivity contribution >= 4 is 0 Å². The summed E-state index contributed by atoms with van der Waals surface area (Å²) in [7, 11) is 0. The van der Waals surface area contributed by atoms with Gasteiger partial charge in [0.25, 0.3) is 0 Å². The summed E-state index contributed by atoms with van der Waals surface area (Å²) in [6.45, 7) is 5.82. The van der Waals surface area contributed by atoms with Gasteiger partial charge in [-0.25, -0.2) is 0 Å². The highest BCUT2D eigenvalue weighted by Crippen LogP contribution is 2.24. The molecular formula is C19H23NO. The molecule has 110 valence electrons. The zero-order valence-electron chi connectivity index (χ0n) is 12.9. The second-order valence-corrected chi connectivity index (χ2v) is 5.92. The Kier molecular flexibility index (Phi) is 4.26. The number of aryl methyl sites for hydroxylation is 2. The van der Waals surface area contributed by atoms with Gasteiger partial charge in [-0.1, -0.05) is 36.4 Å². The van der Waals surface area contributed by atoms with Crippen LogP contribution in [0.5, 0.6) is 5.75 Å². The molecule has 1 aliphatic carbocycles. The fourth-order valence-corrected chi connectivity index (χ4v) is 2.56. The molecule has 0 spiro atoms. The number of ether oxygens (including phenoxy) is 1. The molecule has 2 aromatic carbocycles. The smallest absolute Gasteiger partial charge is 0.124 e. The summed E-state index contributed by atoms with van der Waals surface area (Å²) in [4.78, 5) is 0. The molecule has 1 fully saturated rings. The highest BCUT2D eigenvalue weighted by atomic mass is 16.5. The zero-order chi connectivity index (χ0) is 14.7. The average molecular weight is 281 g/mol. The summed E-state index contributed by atoms with van der Waals surface area (Å²) in [5.41, 5.74) is 5.13. The summed E-state index contributed by atoms with van der Waals surface area (Å²) >= 11 is 0. The lowest BCUT2D eigenvalue weighted by Gasteiger charge is -2.14. The first kappa shape index (κ1) is 14.2. The predicted octanol–water partition coefficient (Wildman–Crippen LogP) is 4.13. The predicted molar refractivity (Wildman–Crippen MR) is 86.6 cm³/mol. The highest BCUT2D eigenvalue weighted by molar-refractivity contribution is 5.36. The fourth-order valence-electron chi connectivity index (χ4n) is 2.56. The Labute approximate surface area is 127 Å². The van der Waals surface area contributed by atoms with Crippen molar-refractivity contribution in [3.8, 4) is 5.75 Å². The van der Waals surface area contributed by atoms with Crippen LogP contribution in [0.15, 0.2) is 42.5 Å². The molecular weight excluding hydrogens is 258 g/mol. The van der Waals surface area contributed by atoms with Crippen molar-refractivity contribution < 1.29 is 4.74 Å². The molecule has 3 rings (SSSR count). The van der Waals surface area contributed by atoms with Gasteiger partial charge in [-0.15, -0.1) is 0 Å². The van der Waals surface area contributed by atoms with Crippen LogP contribution in [0.3, 0.4) is 0 Å². The van der Waals surface area contributed by atoms with E-state index in [0.717, 1.165) is 18.3 Å². The summed E-state index contributed by atoms with van der Waals surface area (Å²) in [6.07, 6.45) is 2.62. The van der Waals surface area contributed by atoms with E-state index < -0.39 is 0 Å². The molecule has 21 heavy (non-hydrogen) atoms. The maximum Gasteiger partial charge on any atom is 0.124 e. The lowest BCUT2D eigenvalue weighted by molar-refractivity contribution is 0.300. The minimum absolute atomic E-state index is 0.638. The lowest BCUT2D eigenvalue weighted by Crippen LogP contribution is -2.16. The van der Waals surface area contributed by atoms with Gasteiger partial charge in [-0.3, -0.25) is 0 Å².